The molecule has 196 valence electrons. The van der Waals surface area contributed by atoms with E-state index in [0.29, 0.717) is 33.5 Å². The van der Waals surface area contributed by atoms with Gasteiger partial charge in [0.15, 0.2) is 5.82 Å². The van der Waals surface area contributed by atoms with Crippen LogP contribution < -0.4 is 16.3 Å². The average molecular weight is 529 g/mol. The molecule has 0 radical (unpaired) electrons. The summed E-state index contributed by atoms with van der Waals surface area (Å²) in [6, 6.07) is 26.1. The van der Waals surface area contributed by atoms with Gasteiger partial charge in [-0.2, -0.15) is 4.73 Å². The van der Waals surface area contributed by atoms with Gasteiger partial charge in [0.2, 0.25) is 0 Å². The maximum Gasteiger partial charge on any atom is 0.329 e. The van der Waals surface area contributed by atoms with Crippen LogP contribution in [0.5, 0.6) is 0 Å². The number of carbonyl (C=O) groups is 1. The lowest BCUT2D eigenvalue weighted by molar-refractivity contribution is -0.140. The molecule has 0 saturated carbocycles. The Morgan fingerprint density at radius 1 is 0.750 bits per heavy atom. The lowest BCUT2D eigenvalue weighted by Gasteiger charge is -2.08. The number of nitrogens with one attached hydrogen (secondary N) is 3. The summed E-state index contributed by atoms with van der Waals surface area (Å²) in [5.74, 6) is 0.699. The number of carbonyl (C=O) groups excluding carboxylic acids is 1. The monoisotopic (exact) mass is 528 g/mol. The second-order valence-corrected chi connectivity index (χ2v) is 9.32. The molecule has 0 aliphatic rings. The molecule has 40 heavy (non-hydrogen) atoms. The minimum atomic E-state index is -0.472. The van der Waals surface area contributed by atoms with Crippen molar-refractivity contribution >= 4 is 39.7 Å². The van der Waals surface area contributed by atoms with Gasteiger partial charge < -0.3 is 21.3 Å². The molecule has 6 rings (SSSR count). The Balaban J connectivity index is 1.38. The third-order valence-electron chi connectivity index (χ3n) is 6.57. The number of imidazole rings is 2. The van der Waals surface area contributed by atoms with Gasteiger partial charge in [-0.05, 0) is 35.4 Å². The Hall–Kier alpha value is -5.77. The molecule has 10 nitrogen and oxygen atoms in total. The van der Waals surface area contributed by atoms with Crippen LogP contribution in [-0.4, -0.2) is 37.3 Å². The smallest absolute Gasteiger partial charge is 0.329 e. The highest BCUT2D eigenvalue weighted by atomic mass is 16.7. The number of aromatic nitrogens is 4. The number of benzene rings is 4. The number of fused-ring (bicyclic) bond motifs is 2. The Kier molecular flexibility index (Phi) is 5.84. The van der Waals surface area contributed by atoms with Gasteiger partial charge in [0.1, 0.15) is 23.0 Å². The van der Waals surface area contributed by atoms with E-state index in [4.69, 9.17) is 37.1 Å². The fourth-order valence-electron chi connectivity index (χ4n) is 4.57. The van der Waals surface area contributed by atoms with E-state index in [9.17, 15) is 4.79 Å². The van der Waals surface area contributed by atoms with Crippen molar-refractivity contribution in [3.63, 3.8) is 0 Å². The maximum absolute atomic E-state index is 11.9. The van der Waals surface area contributed by atoms with Crippen LogP contribution in [0.25, 0.3) is 56.0 Å². The summed E-state index contributed by atoms with van der Waals surface area (Å²) in [5.41, 5.74) is 18.9. The average Bonchev–Trinajstić information content (AvgIpc) is 3.53. The first-order chi connectivity index (χ1) is 19.3. The molecule has 0 amide bonds. The van der Waals surface area contributed by atoms with E-state index in [1.807, 2.05) is 48.5 Å². The number of nitrogens with zero attached hydrogens (tertiary/aromatic N) is 3. The van der Waals surface area contributed by atoms with Crippen LogP contribution in [0.3, 0.4) is 0 Å². The highest BCUT2D eigenvalue weighted by Crippen LogP contribution is 2.31. The van der Waals surface area contributed by atoms with Crippen LogP contribution in [0.4, 0.5) is 0 Å². The van der Waals surface area contributed by atoms with Crippen molar-refractivity contribution in [3.05, 3.63) is 96.1 Å². The predicted octanol–water partition coefficient (Wildman–Crippen LogP) is 4.46. The van der Waals surface area contributed by atoms with Gasteiger partial charge in [0.25, 0.3) is 0 Å². The topological polar surface area (TPSA) is 173 Å². The largest absolute Gasteiger partial charge is 0.384 e. The molecule has 0 fully saturated rings. The number of nitrogen functional groups attached to an aromatic ring is 2. The quantitative estimate of drug-likeness (QED) is 0.158. The first kappa shape index (κ1) is 24.6. The number of amidine groups is 2. The predicted molar refractivity (Wildman–Crippen MR) is 155 cm³/mol. The van der Waals surface area contributed by atoms with Crippen molar-refractivity contribution < 1.29 is 9.63 Å². The third-order valence-corrected chi connectivity index (χ3v) is 6.57. The fourth-order valence-corrected chi connectivity index (χ4v) is 4.57. The minimum absolute atomic E-state index is 0.0217. The van der Waals surface area contributed by atoms with E-state index in [-0.39, 0.29) is 11.7 Å². The highest BCUT2D eigenvalue weighted by molar-refractivity contribution is 5.96. The number of aromatic amines is 1. The van der Waals surface area contributed by atoms with Crippen LogP contribution in [0.1, 0.15) is 18.1 Å². The van der Waals surface area contributed by atoms with E-state index in [2.05, 4.69) is 4.98 Å². The van der Waals surface area contributed by atoms with E-state index in [1.54, 1.807) is 36.4 Å². The molecular weight excluding hydrogens is 504 g/mol. The van der Waals surface area contributed by atoms with Gasteiger partial charge in [-0.1, -0.05) is 60.7 Å². The van der Waals surface area contributed by atoms with Crippen molar-refractivity contribution in [2.75, 3.05) is 0 Å². The number of H-pyrrole nitrogens is 1. The third kappa shape index (κ3) is 4.43. The molecule has 0 aliphatic carbocycles. The SMILES string of the molecule is CC(=O)On1c(-c2ccc(C(=N)N)cc2)nc2cc(-c3ccc4[nH]c(-c5ccc(C(=N)N)cc5)nc4c3)ccc21. The van der Waals surface area contributed by atoms with Crippen molar-refractivity contribution in [3.8, 4) is 33.9 Å². The zero-order chi connectivity index (χ0) is 28.0. The number of hydrogen-bond donors (Lipinski definition) is 5. The Bertz CT molecular complexity index is 1950. The van der Waals surface area contributed by atoms with Crippen LogP contribution in [-0.2, 0) is 4.79 Å². The molecule has 0 bridgehead atoms. The standard InChI is InChI=1S/C30H24N8O2/c1-16(39)40-38-26-13-11-22(15-25(26)37-30(38)20-8-4-18(5-9-20)28(33)34)21-10-12-23-24(14-21)36-29(35-23)19-6-2-17(3-7-19)27(31)32/h2-15H,1H3,(H3,31,32)(H3,33,34)(H,35,36). The van der Waals surface area contributed by atoms with Gasteiger partial charge in [-0.3, -0.25) is 10.8 Å². The Labute approximate surface area is 228 Å². The van der Waals surface area contributed by atoms with Gasteiger partial charge in [0.05, 0.1) is 16.6 Å². The summed E-state index contributed by atoms with van der Waals surface area (Å²) < 4.78 is 1.42. The highest BCUT2D eigenvalue weighted by Gasteiger charge is 2.17. The zero-order valence-corrected chi connectivity index (χ0v) is 21.4. The number of hydrogen-bond acceptors (Lipinski definition) is 6. The van der Waals surface area contributed by atoms with Gasteiger partial charge in [0, 0.05) is 29.2 Å². The lowest BCUT2D eigenvalue weighted by Crippen LogP contribution is -2.17. The summed E-state index contributed by atoms with van der Waals surface area (Å²) in [6.07, 6.45) is 0. The number of nitrogens with two attached hydrogens (primary N) is 2. The lowest BCUT2D eigenvalue weighted by atomic mass is 10.0. The number of rotatable bonds is 6. The second kappa shape index (κ2) is 9.52. The van der Waals surface area contributed by atoms with Gasteiger partial charge in [-0.15, -0.1) is 0 Å². The molecule has 0 atom stereocenters. The molecule has 4 aromatic carbocycles. The van der Waals surface area contributed by atoms with Crippen LogP contribution >= 0.6 is 0 Å². The summed E-state index contributed by atoms with van der Waals surface area (Å²) in [7, 11) is 0. The summed E-state index contributed by atoms with van der Waals surface area (Å²) in [4.78, 5) is 30.3. The first-order valence-electron chi connectivity index (χ1n) is 12.4. The van der Waals surface area contributed by atoms with Crippen molar-refractivity contribution in [1.29, 1.82) is 10.8 Å². The van der Waals surface area contributed by atoms with Crippen LogP contribution in [0.2, 0.25) is 0 Å². The maximum atomic E-state index is 11.9. The Morgan fingerprint density at radius 2 is 1.30 bits per heavy atom. The summed E-state index contributed by atoms with van der Waals surface area (Å²) in [5, 5.41) is 15.2. The van der Waals surface area contributed by atoms with Crippen molar-refractivity contribution in [2.24, 2.45) is 11.5 Å². The molecule has 0 aliphatic heterocycles. The molecular formula is C30H24N8O2. The van der Waals surface area contributed by atoms with Crippen molar-refractivity contribution in [1.82, 2.24) is 19.7 Å². The molecule has 0 unspecified atom stereocenters. The molecule has 2 aromatic heterocycles. The van der Waals surface area contributed by atoms with Crippen molar-refractivity contribution in [2.45, 2.75) is 6.92 Å². The fraction of sp³-hybridized carbons (Fsp3) is 0.0333. The van der Waals surface area contributed by atoms with Gasteiger partial charge >= 0.3 is 5.97 Å². The molecule has 0 spiro atoms. The van der Waals surface area contributed by atoms with Gasteiger partial charge in [-0.25, -0.2) is 14.8 Å². The molecule has 2 heterocycles. The second-order valence-electron chi connectivity index (χ2n) is 9.32. The Morgan fingerprint density at radius 3 is 1.90 bits per heavy atom. The summed E-state index contributed by atoms with van der Waals surface area (Å²) in [6.45, 7) is 1.34. The van der Waals surface area contributed by atoms with E-state index >= 15 is 0 Å². The summed E-state index contributed by atoms with van der Waals surface area (Å²) >= 11 is 0. The van der Waals surface area contributed by atoms with Crippen LogP contribution in [0.15, 0.2) is 84.9 Å². The van der Waals surface area contributed by atoms with E-state index in [1.165, 1.54) is 11.7 Å². The van der Waals surface area contributed by atoms with E-state index < -0.39 is 5.97 Å². The normalized spacial score (nSPS) is 11.1. The molecule has 7 N–H and O–H groups in total. The molecule has 6 aromatic rings. The zero-order valence-electron chi connectivity index (χ0n) is 21.4. The first-order valence-corrected chi connectivity index (χ1v) is 12.4. The molecule has 0 saturated heterocycles. The minimum Gasteiger partial charge on any atom is -0.384 e. The molecule has 10 heteroatoms. The van der Waals surface area contributed by atoms with Crippen LogP contribution in [0, 0.1) is 10.8 Å². The van der Waals surface area contributed by atoms with E-state index in [0.717, 1.165) is 33.5 Å².